The summed E-state index contributed by atoms with van der Waals surface area (Å²) in [4.78, 5) is 26.1. The van der Waals surface area contributed by atoms with Crippen molar-refractivity contribution in [3.05, 3.63) is 35.5 Å². The van der Waals surface area contributed by atoms with Gasteiger partial charge in [-0.3, -0.25) is 9.59 Å². The third-order valence-electron chi connectivity index (χ3n) is 3.24. The third-order valence-corrected chi connectivity index (χ3v) is 3.24. The molecule has 3 rings (SSSR count). The number of aromatic nitrogens is 2. The van der Waals surface area contributed by atoms with E-state index in [1.165, 1.54) is 6.07 Å². The zero-order valence-corrected chi connectivity index (χ0v) is 11.6. The number of rotatable bonds is 3. The van der Waals surface area contributed by atoms with Crippen LogP contribution in [0.1, 0.15) is 16.2 Å². The lowest BCUT2D eigenvalue weighted by Crippen LogP contribution is -2.61. The average Bonchev–Trinajstić information content (AvgIpc) is 3.01. The fourth-order valence-corrected chi connectivity index (χ4v) is 1.93. The molecule has 1 aromatic heterocycles. The van der Waals surface area contributed by atoms with Crippen LogP contribution >= 0.6 is 0 Å². The van der Waals surface area contributed by atoms with E-state index in [9.17, 15) is 27.2 Å². The molecule has 24 heavy (non-hydrogen) atoms. The summed E-state index contributed by atoms with van der Waals surface area (Å²) in [5.74, 6) is -4.22. The molecule has 2 N–H and O–H groups in total. The normalized spacial score (nSPS) is 17.2. The lowest BCUT2D eigenvalue weighted by atomic mass is 10.1. The number of amides is 2. The minimum atomic E-state index is -4.81. The van der Waals surface area contributed by atoms with Crippen LogP contribution < -0.4 is 10.6 Å². The predicted molar refractivity (Wildman–Crippen MR) is 69.0 cm³/mol. The maximum absolute atomic E-state index is 14.0. The summed E-state index contributed by atoms with van der Waals surface area (Å²) >= 11 is 0. The minimum absolute atomic E-state index is 0.0929. The molecule has 2 amide bonds. The van der Waals surface area contributed by atoms with Crippen LogP contribution in [0.3, 0.4) is 0 Å². The van der Waals surface area contributed by atoms with Gasteiger partial charge in [0.05, 0.1) is 5.56 Å². The standard InChI is InChI=1S/C13H8F4N4O3/c14-7-3-5(9-20-12(24-21-9)13(15,16)17)1-2-6(7)10(22)19-8-4-18-11(8)23/h1-3,8H,4H2,(H,18,23)(H,19,22). The van der Waals surface area contributed by atoms with Gasteiger partial charge >= 0.3 is 12.1 Å². The Bertz CT molecular complexity index is 818. The third kappa shape index (κ3) is 2.92. The number of carbonyl (C=O) groups is 2. The first-order valence-electron chi connectivity index (χ1n) is 6.55. The molecule has 0 aliphatic carbocycles. The van der Waals surface area contributed by atoms with Crippen molar-refractivity contribution in [2.75, 3.05) is 6.54 Å². The van der Waals surface area contributed by atoms with Crippen LogP contribution in [0.5, 0.6) is 0 Å². The Labute approximate surface area is 131 Å². The highest BCUT2D eigenvalue weighted by Crippen LogP contribution is 2.29. The molecule has 0 spiro atoms. The van der Waals surface area contributed by atoms with Gasteiger partial charge in [0.2, 0.25) is 11.7 Å². The molecule has 1 atom stereocenters. The summed E-state index contributed by atoms with van der Waals surface area (Å²) in [5, 5.41) is 7.85. The van der Waals surface area contributed by atoms with Gasteiger partial charge in [0.25, 0.3) is 5.91 Å². The summed E-state index contributed by atoms with van der Waals surface area (Å²) in [6.07, 6.45) is -4.81. The molecular weight excluding hydrogens is 336 g/mol. The molecule has 7 nitrogen and oxygen atoms in total. The Balaban J connectivity index is 1.80. The largest absolute Gasteiger partial charge is 0.471 e. The SMILES string of the molecule is O=C(NC1CNC1=O)c1ccc(-c2noc(C(F)(F)F)n2)cc1F. The number of alkyl halides is 3. The molecule has 1 fully saturated rings. The summed E-state index contributed by atoms with van der Waals surface area (Å²) in [6.45, 7) is 0.243. The number of β-lactam (4-membered cyclic amide) rings is 1. The van der Waals surface area contributed by atoms with Gasteiger partial charge in [-0.15, -0.1) is 0 Å². The van der Waals surface area contributed by atoms with E-state index in [-0.39, 0.29) is 23.6 Å². The molecule has 1 saturated heterocycles. The smallest absolute Gasteiger partial charge is 0.352 e. The van der Waals surface area contributed by atoms with Gasteiger partial charge in [-0.05, 0) is 12.1 Å². The first-order valence-corrected chi connectivity index (χ1v) is 6.55. The number of hydrogen-bond acceptors (Lipinski definition) is 5. The van der Waals surface area contributed by atoms with E-state index in [0.29, 0.717) is 0 Å². The molecule has 0 radical (unpaired) electrons. The van der Waals surface area contributed by atoms with Crippen LogP contribution in [0.4, 0.5) is 17.6 Å². The van der Waals surface area contributed by atoms with E-state index in [2.05, 4.69) is 25.3 Å². The molecule has 11 heteroatoms. The average molecular weight is 344 g/mol. The van der Waals surface area contributed by atoms with Gasteiger partial charge in [0, 0.05) is 12.1 Å². The molecule has 1 unspecified atom stereocenters. The Morgan fingerprint density at radius 3 is 2.62 bits per heavy atom. The second kappa shape index (κ2) is 5.58. The van der Waals surface area contributed by atoms with Crippen LogP contribution in [0.2, 0.25) is 0 Å². The summed E-state index contributed by atoms with van der Waals surface area (Å²) in [7, 11) is 0. The molecule has 1 aromatic carbocycles. The molecule has 2 aromatic rings. The Kier molecular flexibility index (Phi) is 3.70. The van der Waals surface area contributed by atoms with E-state index in [1.807, 2.05) is 0 Å². The highest BCUT2D eigenvalue weighted by atomic mass is 19.4. The first kappa shape index (κ1) is 15.9. The molecule has 2 heterocycles. The first-order chi connectivity index (χ1) is 11.3. The van der Waals surface area contributed by atoms with Gasteiger partial charge in [-0.25, -0.2) is 4.39 Å². The molecule has 0 saturated carbocycles. The van der Waals surface area contributed by atoms with Crippen LogP contribution in [0, 0.1) is 5.82 Å². The van der Waals surface area contributed by atoms with Gasteiger partial charge in [0.1, 0.15) is 11.9 Å². The lowest BCUT2D eigenvalue weighted by Gasteiger charge is -2.26. The Hall–Kier alpha value is -2.98. The number of nitrogens with zero attached hydrogens (tertiary/aromatic N) is 2. The van der Waals surface area contributed by atoms with Crippen LogP contribution in [-0.2, 0) is 11.0 Å². The van der Waals surface area contributed by atoms with Crippen molar-refractivity contribution in [2.45, 2.75) is 12.2 Å². The highest BCUT2D eigenvalue weighted by Gasteiger charge is 2.38. The van der Waals surface area contributed by atoms with Gasteiger partial charge in [-0.1, -0.05) is 11.2 Å². The Morgan fingerprint density at radius 1 is 1.38 bits per heavy atom. The van der Waals surface area contributed by atoms with Crippen molar-refractivity contribution in [1.29, 1.82) is 0 Å². The van der Waals surface area contributed by atoms with Gasteiger partial charge in [-0.2, -0.15) is 18.2 Å². The van der Waals surface area contributed by atoms with Crippen LogP contribution in [0.15, 0.2) is 22.7 Å². The number of carbonyl (C=O) groups excluding carboxylic acids is 2. The molecule has 0 bridgehead atoms. The molecule has 1 aliphatic heterocycles. The second-order valence-electron chi connectivity index (χ2n) is 4.89. The van der Waals surface area contributed by atoms with Crippen molar-refractivity contribution in [3.63, 3.8) is 0 Å². The fraction of sp³-hybridized carbons (Fsp3) is 0.231. The highest BCUT2D eigenvalue weighted by molar-refractivity contribution is 5.99. The predicted octanol–water partition coefficient (Wildman–Crippen LogP) is 1.12. The van der Waals surface area contributed by atoms with Crippen LogP contribution in [0.25, 0.3) is 11.4 Å². The summed E-state index contributed by atoms with van der Waals surface area (Å²) in [6, 6.07) is 2.30. The number of benzene rings is 1. The topological polar surface area (TPSA) is 97.1 Å². The van der Waals surface area contributed by atoms with Crippen molar-refractivity contribution in [3.8, 4) is 11.4 Å². The van der Waals surface area contributed by atoms with E-state index >= 15 is 0 Å². The van der Waals surface area contributed by atoms with Crippen LogP contribution in [-0.4, -0.2) is 34.5 Å². The van der Waals surface area contributed by atoms with E-state index in [4.69, 9.17) is 0 Å². The fourth-order valence-electron chi connectivity index (χ4n) is 1.93. The zero-order chi connectivity index (χ0) is 17.5. The number of halogens is 4. The van der Waals surface area contributed by atoms with E-state index < -0.39 is 35.7 Å². The zero-order valence-electron chi connectivity index (χ0n) is 11.6. The molecule has 126 valence electrons. The maximum Gasteiger partial charge on any atom is 0.471 e. The van der Waals surface area contributed by atoms with Gasteiger partial charge in [0.15, 0.2) is 0 Å². The van der Waals surface area contributed by atoms with Crippen molar-refractivity contribution >= 4 is 11.8 Å². The molecular formula is C13H8F4N4O3. The Morgan fingerprint density at radius 2 is 2.12 bits per heavy atom. The molecule has 1 aliphatic rings. The van der Waals surface area contributed by atoms with Crippen molar-refractivity contribution in [1.82, 2.24) is 20.8 Å². The summed E-state index contributed by atoms with van der Waals surface area (Å²) in [5.41, 5.74) is -0.456. The van der Waals surface area contributed by atoms with E-state index in [1.54, 1.807) is 0 Å². The second-order valence-corrected chi connectivity index (χ2v) is 4.89. The van der Waals surface area contributed by atoms with Gasteiger partial charge < -0.3 is 15.2 Å². The minimum Gasteiger partial charge on any atom is -0.352 e. The number of nitrogens with one attached hydrogen (secondary N) is 2. The summed E-state index contributed by atoms with van der Waals surface area (Å²) < 4.78 is 55.3. The van der Waals surface area contributed by atoms with E-state index in [0.717, 1.165) is 12.1 Å². The quantitative estimate of drug-likeness (QED) is 0.642. The monoisotopic (exact) mass is 344 g/mol. The van der Waals surface area contributed by atoms with Crippen molar-refractivity contribution < 1.29 is 31.7 Å². The van der Waals surface area contributed by atoms with Crippen molar-refractivity contribution in [2.24, 2.45) is 0 Å². The number of hydrogen-bond donors (Lipinski definition) is 2. The lowest BCUT2D eigenvalue weighted by molar-refractivity contribution is -0.159. The maximum atomic E-state index is 14.0.